The molecule has 0 radical (unpaired) electrons. The van der Waals surface area contributed by atoms with Gasteiger partial charge < -0.3 is 4.74 Å². The summed E-state index contributed by atoms with van der Waals surface area (Å²) < 4.78 is 6.10. The number of benzene rings is 2. The maximum absolute atomic E-state index is 6.01. The van der Waals surface area contributed by atoms with Crippen LogP contribution in [-0.4, -0.2) is 7.11 Å². The van der Waals surface area contributed by atoms with Gasteiger partial charge in [-0.2, -0.15) is 0 Å². The smallest absolute Gasteiger partial charge is 0.133 e. The van der Waals surface area contributed by atoms with Crippen LogP contribution in [0.4, 0.5) is 0 Å². The van der Waals surface area contributed by atoms with Crippen LogP contribution in [0.5, 0.6) is 5.75 Å². The number of ether oxygens (including phenoxy) is 1. The van der Waals surface area contributed by atoms with E-state index in [2.05, 4.69) is 21.4 Å². The van der Waals surface area contributed by atoms with E-state index >= 15 is 0 Å². The van der Waals surface area contributed by atoms with E-state index in [9.17, 15) is 0 Å². The molecule has 0 heterocycles. The monoisotopic (exact) mass is 340 g/mol. The summed E-state index contributed by atoms with van der Waals surface area (Å²) in [7, 11) is 1.63. The maximum atomic E-state index is 6.01. The molecule has 0 bridgehead atoms. The zero-order chi connectivity index (χ0) is 13.8. The zero-order valence-electron chi connectivity index (χ0n) is 10.4. The Bertz CT molecular complexity index is 577. The van der Waals surface area contributed by atoms with Gasteiger partial charge in [-0.3, -0.25) is 5.84 Å². The molecule has 0 aliphatic rings. The highest BCUT2D eigenvalue weighted by atomic mass is 79.9. The Morgan fingerprint density at radius 3 is 2.53 bits per heavy atom. The number of hydrogen-bond acceptors (Lipinski definition) is 3. The van der Waals surface area contributed by atoms with E-state index in [-0.39, 0.29) is 6.04 Å². The van der Waals surface area contributed by atoms with Crippen LogP contribution in [0.3, 0.4) is 0 Å². The van der Waals surface area contributed by atoms with E-state index in [1.807, 2.05) is 42.5 Å². The lowest BCUT2D eigenvalue weighted by Crippen LogP contribution is -2.28. The molecule has 1 atom stereocenters. The quantitative estimate of drug-likeness (QED) is 0.659. The minimum Gasteiger partial charge on any atom is -0.496 e. The molecule has 0 fully saturated rings. The number of methoxy groups -OCH3 is 1. The van der Waals surface area contributed by atoms with Gasteiger partial charge in [-0.25, -0.2) is 5.43 Å². The Hall–Kier alpha value is -1.07. The van der Waals surface area contributed by atoms with E-state index < -0.39 is 0 Å². The Labute approximate surface area is 125 Å². The fourth-order valence-corrected chi connectivity index (χ4v) is 2.69. The highest BCUT2D eigenvalue weighted by molar-refractivity contribution is 9.10. The molecule has 0 amide bonds. The van der Waals surface area contributed by atoms with Crippen molar-refractivity contribution >= 4 is 27.5 Å². The summed E-state index contributed by atoms with van der Waals surface area (Å²) in [5.74, 6) is 6.45. The van der Waals surface area contributed by atoms with Crippen LogP contribution in [0.2, 0.25) is 5.02 Å². The molecule has 2 rings (SSSR count). The van der Waals surface area contributed by atoms with Crippen molar-refractivity contribution in [2.75, 3.05) is 7.11 Å². The lowest BCUT2D eigenvalue weighted by Gasteiger charge is -2.18. The topological polar surface area (TPSA) is 47.3 Å². The third-order valence-corrected chi connectivity index (χ3v) is 3.71. The van der Waals surface area contributed by atoms with Crippen molar-refractivity contribution < 1.29 is 4.74 Å². The molecule has 2 aromatic rings. The van der Waals surface area contributed by atoms with Crippen LogP contribution < -0.4 is 16.0 Å². The van der Waals surface area contributed by atoms with Gasteiger partial charge in [-0.1, -0.05) is 29.8 Å². The SMILES string of the molecule is COc1ccc(C(NN)c2cccc(Cl)c2)cc1Br. The number of nitrogens with two attached hydrogens (primary N) is 1. The van der Waals surface area contributed by atoms with Crippen LogP contribution in [0, 0.1) is 0 Å². The predicted octanol–water partition coefficient (Wildman–Crippen LogP) is 3.66. The molecule has 3 nitrogen and oxygen atoms in total. The van der Waals surface area contributed by atoms with E-state index in [1.165, 1.54) is 0 Å². The molecule has 5 heteroatoms. The van der Waals surface area contributed by atoms with Gasteiger partial charge in [0.2, 0.25) is 0 Å². The van der Waals surface area contributed by atoms with Gasteiger partial charge in [-0.05, 0) is 51.3 Å². The van der Waals surface area contributed by atoms with Crippen LogP contribution in [0.1, 0.15) is 17.2 Å². The van der Waals surface area contributed by atoms with Gasteiger partial charge in [0, 0.05) is 5.02 Å². The van der Waals surface area contributed by atoms with Crippen molar-refractivity contribution in [3.63, 3.8) is 0 Å². The van der Waals surface area contributed by atoms with Gasteiger partial charge >= 0.3 is 0 Å². The summed E-state index contributed by atoms with van der Waals surface area (Å²) in [5.41, 5.74) is 4.84. The van der Waals surface area contributed by atoms with Gasteiger partial charge in [0.05, 0.1) is 17.6 Å². The first-order valence-electron chi connectivity index (χ1n) is 5.70. The Balaban J connectivity index is 2.39. The summed E-state index contributed by atoms with van der Waals surface area (Å²) in [6.45, 7) is 0. The summed E-state index contributed by atoms with van der Waals surface area (Å²) in [4.78, 5) is 0. The third-order valence-electron chi connectivity index (χ3n) is 2.86. The maximum Gasteiger partial charge on any atom is 0.133 e. The van der Waals surface area contributed by atoms with Crippen molar-refractivity contribution in [3.8, 4) is 5.75 Å². The standard InChI is InChI=1S/C14H14BrClN2O/c1-19-13-6-5-10(8-12(13)15)14(18-17)9-3-2-4-11(16)7-9/h2-8,14,18H,17H2,1H3. The highest BCUT2D eigenvalue weighted by Gasteiger charge is 2.14. The van der Waals surface area contributed by atoms with Gasteiger partial charge in [-0.15, -0.1) is 0 Å². The second-order valence-electron chi connectivity index (χ2n) is 4.05. The number of nitrogens with one attached hydrogen (secondary N) is 1. The van der Waals surface area contributed by atoms with Crippen molar-refractivity contribution in [3.05, 3.63) is 63.1 Å². The van der Waals surface area contributed by atoms with E-state index in [0.717, 1.165) is 21.3 Å². The number of halogens is 2. The van der Waals surface area contributed by atoms with Gasteiger partial charge in [0.1, 0.15) is 5.75 Å². The fourth-order valence-electron chi connectivity index (χ4n) is 1.93. The van der Waals surface area contributed by atoms with Gasteiger partial charge in [0.25, 0.3) is 0 Å². The van der Waals surface area contributed by atoms with Crippen molar-refractivity contribution in [2.45, 2.75) is 6.04 Å². The average Bonchev–Trinajstić information content (AvgIpc) is 2.40. The number of hydrazine groups is 1. The Kier molecular flexibility index (Phi) is 4.82. The Morgan fingerprint density at radius 2 is 1.95 bits per heavy atom. The molecule has 0 saturated heterocycles. The molecule has 19 heavy (non-hydrogen) atoms. The van der Waals surface area contributed by atoms with E-state index in [4.69, 9.17) is 22.2 Å². The summed E-state index contributed by atoms with van der Waals surface area (Å²) >= 11 is 9.49. The molecule has 0 saturated carbocycles. The largest absolute Gasteiger partial charge is 0.496 e. The molecular formula is C14H14BrClN2O. The number of rotatable bonds is 4. The van der Waals surface area contributed by atoms with Crippen LogP contribution in [0.15, 0.2) is 46.9 Å². The molecule has 0 spiro atoms. The molecule has 100 valence electrons. The minimum absolute atomic E-state index is 0.124. The molecule has 0 aliphatic heterocycles. The summed E-state index contributed by atoms with van der Waals surface area (Å²) in [5, 5.41) is 0.685. The predicted molar refractivity (Wildman–Crippen MR) is 81.3 cm³/mol. The average molecular weight is 342 g/mol. The molecular weight excluding hydrogens is 328 g/mol. The molecule has 1 unspecified atom stereocenters. The first kappa shape index (κ1) is 14.3. The van der Waals surface area contributed by atoms with Crippen molar-refractivity contribution in [1.29, 1.82) is 0 Å². The lowest BCUT2D eigenvalue weighted by molar-refractivity contribution is 0.411. The molecule has 0 aromatic heterocycles. The fraction of sp³-hybridized carbons (Fsp3) is 0.143. The summed E-state index contributed by atoms with van der Waals surface area (Å²) in [6, 6.07) is 13.3. The van der Waals surface area contributed by atoms with Gasteiger partial charge in [0.15, 0.2) is 0 Å². The lowest BCUT2D eigenvalue weighted by atomic mass is 9.99. The third kappa shape index (κ3) is 3.28. The summed E-state index contributed by atoms with van der Waals surface area (Å²) in [6.07, 6.45) is 0. The molecule has 2 aromatic carbocycles. The molecule has 0 aliphatic carbocycles. The van der Waals surface area contributed by atoms with Crippen LogP contribution in [0.25, 0.3) is 0 Å². The van der Waals surface area contributed by atoms with Crippen LogP contribution in [-0.2, 0) is 0 Å². The minimum atomic E-state index is -0.124. The highest BCUT2D eigenvalue weighted by Crippen LogP contribution is 2.30. The second-order valence-corrected chi connectivity index (χ2v) is 5.34. The first-order valence-corrected chi connectivity index (χ1v) is 6.88. The van der Waals surface area contributed by atoms with Crippen LogP contribution >= 0.6 is 27.5 Å². The second kappa shape index (κ2) is 6.39. The van der Waals surface area contributed by atoms with Crippen molar-refractivity contribution in [1.82, 2.24) is 5.43 Å². The van der Waals surface area contributed by atoms with E-state index in [0.29, 0.717) is 5.02 Å². The van der Waals surface area contributed by atoms with Crippen molar-refractivity contribution in [2.24, 2.45) is 5.84 Å². The Morgan fingerprint density at radius 1 is 1.21 bits per heavy atom. The number of hydrogen-bond donors (Lipinski definition) is 2. The first-order chi connectivity index (χ1) is 9.15. The normalized spacial score (nSPS) is 12.2. The molecule has 3 N–H and O–H groups in total. The van der Waals surface area contributed by atoms with E-state index in [1.54, 1.807) is 7.11 Å². The zero-order valence-corrected chi connectivity index (χ0v) is 12.7.